The van der Waals surface area contributed by atoms with Crippen LogP contribution in [0, 0.1) is 10.1 Å². The van der Waals surface area contributed by atoms with Crippen LogP contribution in [-0.4, -0.2) is 22.1 Å². The summed E-state index contributed by atoms with van der Waals surface area (Å²) < 4.78 is 0. The highest BCUT2D eigenvalue weighted by Crippen LogP contribution is 2.15. The van der Waals surface area contributed by atoms with Crippen LogP contribution in [0.5, 0.6) is 0 Å². The van der Waals surface area contributed by atoms with Gasteiger partial charge < -0.3 is 0 Å². The minimum absolute atomic E-state index is 0.470. The molecule has 0 saturated carbocycles. The van der Waals surface area contributed by atoms with Crippen LogP contribution in [-0.2, 0) is 4.79 Å². The van der Waals surface area contributed by atoms with Gasteiger partial charge in [0.25, 0.3) is 5.54 Å². The van der Waals surface area contributed by atoms with Crippen molar-refractivity contribution in [3.63, 3.8) is 0 Å². The number of hydrogen-bond acceptors (Lipinski definition) is 4. The van der Waals surface area contributed by atoms with E-state index in [2.05, 4.69) is 10.5 Å². The Balaban J connectivity index is 2.86. The number of rotatable bonds is 4. The minimum atomic E-state index is -1.73. The molecule has 0 unspecified atom stereocenters. The van der Waals surface area contributed by atoms with E-state index in [0.29, 0.717) is 16.3 Å². The van der Waals surface area contributed by atoms with E-state index in [9.17, 15) is 14.9 Å². The number of nitrogens with zero attached hydrogens (tertiary/aromatic N) is 2. The molecular formula is C12H14ClN3O3. The van der Waals surface area contributed by atoms with Crippen molar-refractivity contribution >= 4 is 23.2 Å². The summed E-state index contributed by atoms with van der Waals surface area (Å²) in [5.41, 5.74) is 1.57. The lowest BCUT2D eigenvalue weighted by atomic mass is 10.1. The van der Waals surface area contributed by atoms with Crippen LogP contribution < -0.4 is 5.43 Å². The summed E-state index contributed by atoms with van der Waals surface area (Å²) >= 11 is 5.97. The summed E-state index contributed by atoms with van der Waals surface area (Å²) in [6, 6.07) is 6.99. The Kier molecular flexibility index (Phi) is 4.61. The molecule has 19 heavy (non-hydrogen) atoms. The smallest absolute Gasteiger partial charge is 0.265 e. The molecule has 102 valence electrons. The molecule has 0 aliphatic heterocycles. The van der Waals surface area contributed by atoms with Crippen LogP contribution in [0.2, 0.25) is 5.02 Å². The fourth-order valence-electron chi connectivity index (χ4n) is 1.17. The highest BCUT2D eigenvalue weighted by atomic mass is 35.5. The van der Waals surface area contributed by atoms with Gasteiger partial charge in [0.2, 0.25) is 0 Å². The fourth-order valence-corrected chi connectivity index (χ4v) is 1.44. The summed E-state index contributed by atoms with van der Waals surface area (Å²) in [4.78, 5) is 21.7. The van der Waals surface area contributed by atoms with Gasteiger partial charge in [-0.05, 0) is 13.0 Å². The van der Waals surface area contributed by atoms with Crippen molar-refractivity contribution in [2.75, 3.05) is 0 Å². The maximum atomic E-state index is 11.6. The normalized spacial score (nSPS) is 12.1. The van der Waals surface area contributed by atoms with Crippen molar-refractivity contribution < 1.29 is 9.72 Å². The summed E-state index contributed by atoms with van der Waals surface area (Å²) in [5.74, 6) is -0.788. The second kappa shape index (κ2) is 5.79. The molecule has 0 bridgehead atoms. The average Bonchev–Trinajstić information content (AvgIpc) is 2.35. The van der Waals surface area contributed by atoms with Gasteiger partial charge in [-0.25, -0.2) is 5.43 Å². The van der Waals surface area contributed by atoms with E-state index in [4.69, 9.17) is 11.6 Å². The number of carbonyl (C=O) groups is 1. The first-order valence-corrected chi connectivity index (χ1v) is 5.88. The predicted octanol–water partition coefficient (Wildman–Crippen LogP) is 2.24. The third-order valence-corrected chi connectivity index (χ3v) is 2.93. The van der Waals surface area contributed by atoms with Gasteiger partial charge in [-0.15, -0.1) is 0 Å². The molecule has 1 aromatic rings. The van der Waals surface area contributed by atoms with Gasteiger partial charge in [-0.3, -0.25) is 14.9 Å². The maximum Gasteiger partial charge on any atom is 0.317 e. The van der Waals surface area contributed by atoms with Crippen molar-refractivity contribution in [1.82, 2.24) is 5.43 Å². The Labute approximate surface area is 115 Å². The van der Waals surface area contributed by atoms with E-state index in [0.717, 1.165) is 0 Å². The average molecular weight is 284 g/mol. The molecule has 1 rings (SSSR count). The topological polar surface area (TPSA) is 84.6 Å². The summed E-state index contributed by atoms with van der Waals surface area (Å²) in [5, 5.41) is 15.0. The zero-order valence-corrected chi connectivity index (χ0v) is 11.6. The van der Waals surface area contributed by atoms with E-state index < -0.39 is 16.4 Å². The molecule has 7 heteroatoms. The van der Waals surface area contributed by atoms with Crippen molar-refractivity contribution in [1.29, 1.82) is 0 Å². The second-order valence-electron chi connectivity index (χ2n) is 4.43. The van der Waals surface area contributed by atoms with E-state index in [1.54, 1.807) is 31.2 Å². The van der Waals surface area contributed by atoms with Crippen LogP contribution in [0.1, 0.15) is 26.3 Å². The zero-order valence-electron chi connectivity index (χ0n) is 10.8. The second-order valence-corrected chi connectivity index (χ2v) is 4.84. The van der Waals surface area contributed by atoms with Gasteiger partial charge in [0.15, 0.2) is 0 Å². The molecule has 0 fully saturated rings. The Hall–Kier alpha value is -1.95. The van der Waals surface area contributed by atoms with E-state index >= 15 is 0 Å². The Morgan fingerprint density at radius 2 is 2.00 bits per heavy atom. The van der Waals surface area contributed by atoms with Crippen LogP contribution in [0.4, 0.5) is 0 Å². The molecule has 1 amide bonds. The van der Waals surface area contributed by atoms with Gasteiger partial charge in [0.1, 0.15) is 0 Å². The lowest BCUT2D eigenvalue weighted by molar-refractivity contribution is -0.543. The number of amides is 1. The molecule has 0 aliphatic rings. The van der Waals surface area contributed by atoms with E-state index in [-0.39, 0.29) is 0 Å². The quantitative estimate of drug-likeness (QED) is 0.522. The molecule has 0 aromatic heterocycles. The molecule has 0 aliphatic carbocycles. The number of hydrazone groups is 1. The summed E-state index contributed by atoms with van der Waals surface area (Å²) in [6.07, 6.45) is 0. The van der Waals surface area contributed by atoms with Crippen LogP contribution in [0.25, 0.3) is 0 Å². The number of benzene rings is 1. The van der Waals surface area contributed by atoms with Crippen molar-refractivity contribution in [2.24, 2.45) is 5.10 Å². The van der Waals surface area contributed by atoms with Gasteiger partial charge >= 0.3 is 5.91 Å². The standard InChI is InChI=1S/C12H14ClN3O3/c1-8(9-6-4-5-7-10(9)13)14-15-11(17)12(2,3)16(18)19/h4-7H,1-3H3,(H,15,17)/b14-8+. The Morgan fingerprint density at radius 1 is 1.42 bits per heavy atom. The van der Waals surface area contributed by atoms with E-state index in [1.165, 1.54) is 13.8 Å². The monoisotopic (exact) mass is 283 g/mol. The molecule has 0 heterocycles. The molecule has 0 radical (unpaired) electrons. The number of halogens is 1. The van der Waals surface area contributed by atoms with Crippen molar-refractivity contribution in [3.8, 4) is 0 Å². The number of hydrogen-bond donors (Lipinski definition) is 1. The zero-order chi connectivity index (χ0) is 14.6. The number of nitrogens with one attached hydrogen (secondary N) is 1. The Bertz CT molecular complexity index is 541. The largest absolute Gasteiger partial charge is 0.317 e. The summed E-state index contributed by atoms with van der Waals surface area (Å²) in [7, 11) is 0. The van der Waals surface area contributed by atoms with Crippen molar-refractivity contribution in [2.45, 2.75) is 26.3 Å². The van der Waals surface area contributed by atoms with Gasteiger partial charge in [0.05, 0.1) is 5.71 Å². The van der Waals surface area contributed by atoms with Crippen LogP contribution >= 0.6 is 11.6 Å². The van der Waals surface area contributed by atoms with Gasteiger partial charge in [-0.1, -0.05) is 29.8 Å². The molecule has 0 spiro atoms. The first-order chi connectivity index (χ1) is 8.76. The third kappa shape index (κ3) is 3.51. The first kappa shape index (κ1) is 15.1. The summed E-state index contributed by atoms with van der Waals surface area (Å²) in [6.45, 7) is 4.08. The fraction of sp³-hybridized carbons (Fsp3) is 0.333. The Morgan fingerprint density at radius 3 is 2.53 bits per heavy atom. The van der Waals surface area contributed by atoms with Crippen LogP contribution in [0.3, 0.4) is 0 Å². The maximum absolute atomic E-state index is 11.6. The number of carbonyl (C=O) groups excluding carboxylic acids is 1. The lowest BCUT2D eigenvalue weighted by Crippen LogP contribution is -2.46. The molecule has 0 atom stereocenters. The molecule has 1 aromatic carbocycles. The molecule has 6 nitrogen and oxygen atoms in total. The minimum Gasteiger partial charge on any atom is -0.265 e. The van der Waals surface area contributed by atoms with Crippen LogP contribution in [0.15, 0.2) is 29.4 Å². The predicted molar refractivity (Wildman–Crippen MR) is 72.9 cm³/mol. The third-order valence-electron chi connectivity index (χ3n) is 2.60. The molecular weight excluding hydrogens is 270 g/mol. The highest BCUT2D eigenvalue weighted by Gasteiger charge is 2.40. The SMILES string of the molecule is C/C(=N\NC(=O)C(C)(C)[N+](=O)[O-])c1ccccc1Cl. The molecule has 0 saturated heterocycles. The first-order valence-electron chi connectivity index (χ1n) is 5.51. The number of nitro groups is 1. The van der Waals surface area contributed by atoms with E-state index in [1.807, 2.05) is 0 Å². The lowest BCUT2D eigenvalue weighted by Gasteiger charge is -2.13. The van der Waals surface area contributed by atoms with Crippen molar-refractivity contribution in [3.05, 3.63) is 45.0 Å². The highest BCUT2D eigenvalue weighted by molar-refractivity contribution is 6.34. The molecule has 1 N–H and O–H groups in total. The van der Waals surface area contributed by atoms with Gasteiger partial charge in [0, 0.05) is 29.4 Å². The van der Waals surface area contributed by atoms with Gasteiger partial charge in [-0.2, -0.15) is 5.10 Å².